The second kappa shape index (κ2) is 12.0. The molecule has 0 heterocycles. The third-order valence-electron chi connectivity index (χ3n) is 4.67. The summed E-state index contributed by atoms with van der Waals surface area (Å²) in [6.45, 7) is 1.75. The number of nitrogens with zero attached hydrogens (tertiary/aromatic N) is 2. The van der Waals surface area contributed by atoms with E-state index in [0.29, 0.717) is 33.5 Å². The maximum absolute atomic E-state index is 13.3. The molecule has 0 bridgehead atoms. The van der Waals surface area contributed by atoms with E-state index in [4.69, 9.17) is 27.9 Å². The van der Waals surface area contributed by atoms with Crippen molar-refractivity contribution in [1.29, 1.82) is 0 Å². The van der Waals surface area contributed by atoms with Gasteiger partial charge >= 0.3 is 0 Å². The molecule has 1 amide bonds. The summed E-state index contributed by atoms with van der Waals surface area (Å²) in [6, 6.07) is 19.8. The lowest BCUT2D eigenvalue weighted by atomic mass is 10.2. The smallest absolute Gasteiger partial charge is 0.255 e. The molecular weight excluding hydrogens is 497 g/mol. The van der Waals surface area contributed by atoms with Crippen LogP contribution in [0, 0.1) is 0 Å². The minimum atomic E-state index is -4.00. The van der Waals surface area contributed by atoms with Gasteiger partial charge in [-0.2, -0.15) is 9.41 Å². The number of amides is 1. The molecule has 178 valence electrons. The molecule has 0 radical (unpaired) electrons. The normalized spacial score (nSPS) is 11.6. The highest BCUT2D eigenvalue weighted by atomic mass is 35.5. The van der Waals surface area contributed by atoms with Gasteiger partial charge in [0.25, 0.3) is 5.91 Å². The standard InChI is InChI=1S/C24H23Cl2N3O4S/c1-2-33-23-11-7-6-8-18(23)15-27-28-24(30)17-29(16-19-12-13-20(25)14-22(19)26)34(31,32)21-9-4-3-5-10-21/h3-15H,2,16-17H2,1H3,(H,28,30)/b27-15+. The molecule has 3 rings (SSSR count). The molecular formula is C24H23Cl2N3O4S. The van der Waals surface area contributed by atoms with Gasteiger partial charge < -0.3 is 4.74 Å². The molecule has 1 N–H and O–H groups in total. The molecule has 0 aliphatic carbocycles. The number of benzene rings is 3. The summed E-state index contributed by atoms with van der Waals surface area (Å²) < 4.78 is 33.1. The number of nitrogens with one attached hydrogen (secondary N) is 1. The maximum Gasteiger partial charge on any atom is 0.255 e. The number of halogens is 2. The lowest BCUT2D eigenvalue weighted by Gasteiger charge is -2.22. The van der Waals surface area contributed by atoms with Crippen LogP contribution in [0.5, 0.6) is 5.75 Å². The minimum absolute atomic E-state index is 0.0574. The molecule has 0 aliphatic heterocycles. The Bertz CT molecular complexity index is 1270. The topological polar surface area (TPSA) is 88.1 Å². The van der Waals surface area contributed by atoms with Crippen LogP contribution in [0.4, 0.5) is 0 Å². The lowest BCUT2D eigenvalue weighted by molar-refractivity contribution is -0.121. The highest BCUT2D eigenvalue weighted by Crippen LogP contribution is 2.25. The van der Waals surface area contributed by atoms with Gasteiger partial charge in [0.05, 0.1) is 24.3 Å². The minimum Gasteiger partial charge on any atom is -0.493 e. The Kier molecular flexibility index (Phi) is 9.06. The predicted molar refractivity (Wildman–Crippen MR) is 134 cm³/mol. The van der Waals surface area contributed by atoms with Gasteiger partial charge in [0.15, 0.2) is 0 Å². The van der Waals surface area contributed by atoms with Crippen LogP contribution < -0.4 is 10.2 Å². The molecule has 0 saturated carbocycles. The molecule has 0 atom stereocenters. The van der Waals surface area contributed by atoms with Gasteiger partial charge in [-0.25, -0.2) is 13.8 Å². The zero-order chi connectivity index (χ0) is 24.6. The van der Waals surface area contributed by atoms with E-state index in [2.05, 4.69) is 10.5 Å². The van der Waals surface area contributed by atoms with Crippen LogP contribution in [0.25, 0.3) is 0 Å². The number of hydrazone groups is 1. The first-order valence-electron chi connectivity index (χ1n) is 10.3. The Balaban J connectivity index is 1.80. The largest absolute Gasteiger partial charge is 0.493 e. The van der Waals surface area contributed by atoms with Gasteiger partial charge in [0.1, 0.15) is 5.75 Å². The van der Waals surface area contributed by atoms with Crippen molar-refractivity contribution in [2.45, 2.75) is 18.4 Å². The van der Waals surface area contributed by atoms with Crippen LogP contribution in [-0.4, -0.2) is 38.0 Å². The van der Waals surface area contributed by atoms with Crippen molar-refractivity contribution in [2.24, 2.45) is 5.10 Å². The summed E-state index contributed by atoms with van der Waals surface area (Å²) in [4.78, 5) is 12.7. The summed E-state index contributed by atoms with van der Waals surface area (Å²) in [5.74, 6) is 0.00314. The van der Waals surface area contributed by atoms with Crippen molar-refractivity contribution in [2.75, 3.05) is 13.2 Å². The van der Waals surface area contributed by atoms with E-state index >= 15 is 0 Å². The zero-order valence-corrected chi connectivity index (χ0v) is 20.6. The van der Waals surface area contributed by atoms with Gasteiger partial charge in [0.2, 0.25) is 10.0 Å². The molecule has 7 nitrogen and oxygen atoms in total. The first kappa shape index (κ1) is 25.7. The molecule has 10 heteroatoms. The number of ether oxygens (including phenoxy) is 1. The third-order valence-corrected chi connectivity index (χ3v) is 7.07. The Labute approximate surface area is 209 Å². The van der Waals surface area contributed by atoms with Crippen LogP contribution in [0.3, 0.4) is 0 Å². The Morgan fingerprint density at radius 1 is 1.06 bits per heavy atom. The van der Waals surface area contributed by atoms with Crippen LogP contribution in [0.2, 0.25) is 10.0 Å². The summed E-state index contributed by atoms with van der Waals surface area (Å²) in [7, 11) is -4.00. The van der Waals surface area contributed by atoms with E-state index in [-0.39, 0.29) is 11.4 Å². The number of hydrogen-bond donors (Lipinski definition) is 1. The lowest BCUT2D eigenvalue weighted by Crippen LogP contribution is -2.39. The fourth-order valence-electron chi connectivity index (χ4n) is 3.05. The Hall–Kier alpha value is -2.91. The van der Waals surface area contributed by atoms with Crippen molar-refractivity contribution in [3.63, 3.8) is 0 Å². The van der Waals surface area contributed by atoms with E-state index < -0.39 is 22.5 Å². The molecule has 0 spiro atoms. The fourth-order valence-corrected chi connectivity index (χ4v) is 4.91. The van der Waals surface area contributed by atoms with Crippen LogP contribution in [-0.2, 0) is 21.4 Å². The summed E-state index contributed by atoms with van der Waals surface area (Å²) in [6.07, 6.45) is 1.44. The number of rotatable bonds is 10. The van der Waals surface area contributed by atoms with Crippen molar-refractivity contribution in [3.8, 4) is 5.75 Å². The van der Waals surface area contributed by atoms with Crippen molar-refractivity contribution < 1.29 is 17.9 Å². The molecule has 34 heavy (non-hydrogen) atoms. The SMILES string of the molecule is CCOc1ccccc1/C=N/NC(=O)CN(Cc1ccc(Cl)cc1Cl)S(=O)(=O)c1ccccc1. The summed E-state index contributed by atoms with van der Waals surface area (Å²) >= 11 is 12.2. The number of hydrogen-bond acceptors (Lipinski definition) is 5. The number of sulfonamides is 1. The third kappa shape index (κ3) is 6.80. The maximum atomic E-state index is 13.3. The highest BCUT2D eigenvalue weighted by molar-refractivity contribution is 7.89. The van der Waals surface area contributed by atoms with Crippen LogP contribution in [0.15, 0.2) is 82.8 Å². The van der Waals surface area contributed by atoms with Gasteiger partial charge in [0, 0.05) is 22.2 Å². The van der Waals surface area contributed by atoms with Crippen LogP contribution in [0.1, 0.15) is 18.1 Å². The van der Waals surface area contributed by atoms with Crippen molar-refractivity contribution in [3.05, 3.63) is 94.0 Å². The van der Waals surface area contributed by atoms with E-state index in [1.54, 1.807) is 42.5 Å². The van der Waals surface area contributed by atoms with Gasteiger partial charge in [-0.05, 0) is 48.9 Å². The molecule has 3 aromatic rings. The second-order valence-corrected chi connectivity index (χ2v) is 9.87. The highest BCUT2D eigenvalue weighted by Gasteiger charge is 2.27. The summed E-state index contributed by atoms with van der Waals surface area (Å²) in [5, 5.41) is 4.68. The first-order chi connectivity index (χ1) is 16.3. The van der Waals surface area contributed by atoms with Crippen LogP contribution >= 0.6 is 23.2 Å². The van der Waals surface area contributed by atoms with Gasteiger partial charge in [-0.3, -0.25) is 4.79 Å². The van der Waals surface area contributed by atoms with E-state index in [1.165, 1.54) is 24.4 Å². The second-order valence-electron chi connectivity index (χ2n) is 7.09. The Morgan fingerprint density at radius 3 is 2.47 bits per heavy atom. The van der Waals surface area contributed by atoms with Gasteiger partial charge in [-0.15, -0.1) is 0 Å². The van der Waals surface area contributed by atoms with E-state index in [9.17, 15) is 13.2 Å². The first-order valence-corrected chi connectivity index (χ1v) is 12.5. The van der Waals surface area contributed by atoms with Crippen molar-refractivity contribution in [1.82, 2.24) is 9.73 Å². The molecule has 0 saturated heterocycles. The molecule has 0 unspecified atom stereocenters. The summed E-state index contributed by atoms with van der Waals surface area (Å²) in [5.41, 5.74) is 3.56. The monoisotopic (exact) mass is 519 g/mol. The average Bonchev–Trinajstić information content (AvgIpc) is 2.82. The van der Waals surface area contributed by atoms with E-state index in [0.717, 1.165) is 4.31 Å². The molecule has 0 aromatic heterocycles. The fraction of sp³-hybridized carbons (Fsp3) is 0.167. The number of carbonyl (C=O) groups is 1. The van der Waals surface area contributed by atoms with E-state index in [1.807, 2.05) is 19.1 Å². The quantitative estimate of drug-likeness (QED) is 0.309. The van der Waals surface area contributed by atoms with Crippen molar-refractivity contribution >= 4 is 45.3 Å². The zero-order valence-electron chi connectivity index (χ0n) is 18.3. The van der Waals surface area contributed by atoms with Gasteiger partial charge in [-0.1, -0.05) is 59.6 Å². The number of para-hydroxylation sites is 1. The molecule has 0 fully saturated rings. The molecule has 3 aromatic carbocycles. The average molecular weight is 520 g/mol. The number of carbonyl (C=O) groups excluding carboxylic acids is 1. The predicted octanol–water partition coefficient (Wildman–Crippen LogP) is 4.73. The molecule has 0 aliphatic rings. The Morgan fingerprint density at radius 2 is 1.76 bits per heavy atom.